The number of fused-ring (bicyclic) bond motifs is 4. The molecule has 1 N–H and O–H groups in total. The Morgan fingerprint density at radius 1 is 1.13 bits per heavy atom. The SMILES string of the molecule is Cc1c2c(cc3c4c(c(=O)oc13)CCC4)C[NH+](Cc1cccc(C(F)(F)F)c1)CO2. The molecule has 2 aromatic carbocycles. The smallest absolute Gasteiger partial charge is 0.416 e. The Balaban J connectivity index is 1.48. The average molecular weight is 416 g/mol. The van der Waals surface area contributed by atoms with Crippen molar-refractivity contribution in [1.29, 1.82) is 0 Å². The maximum Gasteiger partial charge on any atom is 0.416 e. The molecule has 7 heteroatoms. The lowest BCUT2D eigenvalue weighted by molar-refractivity contribution is -0.945. The molecule has 0 saturated carbocycles. The molecule has 1 aliphatic carbocycles. The van der Waals surface area contributed by atoms with Crippen molar-refractivity contribution in [3.63, 3.8) is 0 Å². The third kappa shape index (κ3) is 3.17. The summed E-state index contributed by atoms with van der Waals surface area (Å²) in [6, 6.07) is 7.49. The van der Waals surface area contributed by atoms with E-state index in [0.29, 0.717) is 31.0 Å². The van der Waals surface area contributed by atoms with Gasteiger partial charge in [-0.15, -0.1) is 0 Å². The Labute approximate surface area is 170 Å². The summed E-state index contributed by atoms with van der Waals surface area (Å²) in [5.74, 6) is 0.719. The molecule has 0 amide bonds. The topological polar surface area (TPSA) is 43.9 Å². The first-order valence-electron chi connectivity index (χ1n) is 10.0. The summed E-state index contributed by atoms with van der Waals surface area (Å²) < 4.78 is 50.6. The summed E-state index contributed by atoms with van der Waals surface area (Å²) in [5.41, 5.74) is 3.96. The van der Waals surface area contributed by atoms with Crippen molar-refractivity contribution < 1.29 is 27.2 Å². The quantitative estimate of drug-likeness (QED) is 0.650. The molecule has 1 aliphatic heterocycles. The molecule has 0 spiro atoms. The predicted octanol–water partition coefficient (Wildman–Crippen LogP) is 3.54. The number of halogens is 3. The van der Waals surface area contributed by atoms with Gasteiger partial charge in [0.25, 0.3) is 0 Å². The van der Waals surface area contributed by atoms with E-state index in [9.17, 15) is 18.0 Å². The highest BCUT2D eigenvalue weighted by Gasteiger charge is 2.31. The van der Waals surface area contributed by atoms with E-state index < -0.39 is 11.7 Å². The van der Waals surface area contributed by atoms with Crippen LogP contribution in [0.2, 0.25) is 0 Å². The van der Waals surface area contributed by atoms with Crippen LogP contribution in [0.4, 0.5) is 13.2 Å². The molecule has 0 saturated heterocycles. The molecule has 4 nitrogen and oxygen atoms in total. The van der Waals surface area contributed by atoms with Gasteiger partial charge in [-0.1, -0.05) is 12.1 Å². The number of benzene rings is 2. The first-order valence-corrected chi connectivity index (χ1v) is 10.0. The standard InChI is InChI=1S/C23H20F3NO3/c1-13-20-15(9-19-17-6-3-7-18(17)22(28)30-21(13)19)11-27(12-29-20)10-14-4-2-5-16(8-14)23(24,25)26/h2,4-5,8-9H,3,6-7,10-12H2,1H3/p+1. The molecule has 0 fully saturated rings. The van der Waals surface area contributed by atoms with E-state index in [2.05, 4.69) is 0 Å². The zero-order chi connectivity index (χ0) is 21.0. The lowest BCUT2D eigenvalue weighted by Gasteiger charge is -2.28. The van der Waals surface area contributed by atoms with Crippen LogP contribution in [0, 0.1) is 6.92 Å². The van der Waals surface area contributed by atoms with E-state index in [1.54, 1.807) is 6.07 Å². The fourth-order valence-electron chi connectivity index (χ4n) is 4.71. The van der Waals surface area contributed by atoms with Crippen LogP contribution in [-0.4, -0.2) is 6.73 Å². The largest absolute Gasteiger partial charge is 0.444 e. The van der Waals surface area contributed by atoms with Crippen LogP contribution in [0.25, 0.3) is 11.0 Å². The maximum atomic E-state index is 13.0. The fraction of sp³-hybridized carbons (Fsp3) is 0.348. The zero-order valence-corrected chi connectivity index (χ0v) is 16.5. The van der Waals surface area contributed by atoms with E-state index in [4.69, 9.17) is 9.15 Å². The number of hydrogen-bond donors (Lipinski definition) is 1. The van der Waals surface area contributed by atoms with Gasteiger partial charge in [0.15, 0.2) is 0 Å². The van der Waals surface area contributed by atoms with Crippen molar-refractivity contribution in [3.05, 3.63) is 74.1 Å². The number of alkyl halides is 3. The molecule has 2 aliphatic rings. The minimum atomic E-state index is -4.35. The highest BCUT2D eigenvalue weighted by atomic mass is 19.4. The molecule has 1 unspecified atom stereocenters. The normalized spacial score (nSPS) is 18.2. The van der Waals surface area contributed by atoms with Gasteiger partial charge in [0.05, 0.1) is 5.56 Å². The lowest BCUT2D eigenvalue weighted by Crippen LogP contribution is -3.10. The number of ether oxygens (including phenoxy) is 1. The Kier molecular flexibility index (Phi) is 4.39. The first-order chi connectivity index (χ1) is 14.3. The Bertz CT molecular complexity index is 1210. The van der Waals surface area contributed by atoms with Crippen LogP contribution in [-0.2, 0) is 32.1 Å². The van der Waals surface area contributed by atoms with Crippen LogP contribution in [0.3, 0.4) is 0 Å². The summed E-state index contributed by atoms with van der Waals surface area (Å²) in [6.45, 7) is 3.30. The summed E-state index contributed by atoms with van der Waals surface area (Å²) in [5, 5.41) is 0.960. The van der Waals surface area contributed by atoms with Crippen molar-refractivity contribution in [1.82, 2.24) is 0 Å². The molecule has 1 aromatic heterocycles. The predicted molar refractivity (Wildman–Crippen MR) is 105 cm³/mol. The number of hydrogen-bond acceptors (Lipinski definition) is 3. The highest BCUT2D eigenvalue weighted by Crippen LogP contribution is 2.36. The van der Waals surface area contributed by atoms with E-state index in [1.807, 2.05) is 13.0 Å². The average Bonchev–Trinajstić information content (AvgIpc) is 3.20. The maximum absolute atomic E-state index is 13.0. The highest BCUT2D eigenvalue weighted by molar-refractivity contribution is 5.87. The van der Waals surface area contributed by atoms with Gasteiger partial charge in [0.1, 0.15) is 24.4 Å². The van der Waals surface area contributed by atoms with Crippen molar-refractivity contribution >= 4 is 11.0 Å². The van der Waals surface area contributed by atoms with Gasteiger partial charge < -0.3 is 9.15 Å². The zero-order valence-electron chi connectivity index (χ0n) is 16.5. The molecule has 30 heavy (non-hydrogen) atoms. The fourth-order valence-corrected chi connectivity index (χ4v) is 4.71. The van der Waals surface area contributed by atoms with Crippen molar-refractivity contribution in [3.8, 4) is 5.75 Å². The third-order valence-corrected chi connectivity index (χ3v) is 6.09. The number of nitrogens with one attached hydrogen (secondary N) is 1. The lowest BCUT2D eigenvalue weighted by atomic mass is 9.99. The van der Waals surface area contributed by atoms with E-state index >= 15 is 0 Å². The van der Waals surface area contributed by atoms with Crippen LogP contribution in [0.1, 0.15) is 39.8 Å². The van der Waals surface area contributed by atoms with Crippen LogP contribution in [0.5, 0.6) is 5.75 Å². The molecule has 5 rings (SSSR count). The molecular formula is C23H21F3NO3+. The van der Waals surface area contributed by atoms with Gasteiger partial charge in [0.2, 0.25) is 6.73 Å². The second kappa shape index (κ2) is 6.87. The molecule has 3 aromatic rings. The molecule has 156 valence electrons. The van der Waals surface area contributed by atoms with Crippen molar-refractivity contribution in [2.45, 2.75) is 45.5 Å². The minimum absolute atomic E-state index is 0.259. The van der Waals surface area contributed by atoms with Gasteiger partial charge in [-0.05, 0) is 49.9 Å². The van der Waals surface area contributed by atoms with E-state index in [1.165, 1.54) is 12.1 Å². The second-order valence-electron chi connectivity index (χ2n) is 8.16. The summed E-state index contributed by atoms with van der Waals surface area (Å²) in [6.07, 6.45) is -1.81. The van der Waals surface area contributed by atoms with Gasteiger partial charge in [-0.3, -0.25) is 4.90 Å². The van der Waals surface area contributed by atoms with Crippen molar-refractivity contribution in [2.75, 3.05) is 6.73 Å². The van der Waals surface area contributed by atoms with Crippen LogP contribution >= 0.6 is 0 Å². The summed E-state index contributed by atoms with van der Waals surface area (Å²) in [7, 11) is 0. The molecule has 0 bridgehead atoms. The summed E-state index contributed by atoms with van der Waals surface area (Å²) >= 11 is 0. The number of aryl methyl sites for hydroxylation is 2. The Hall–Kier alpha value is -2.80. The minimum Gasteiger partial charge on any atom is -0.444 e. The Morgan fingerprint density at radius 2 is 1.93 bits per heavy atom. The van der Waals surface area contributed by atoms with Crippen LogP contribution < -0.4 is 15.3 Å². The van der Waals surface area contributed by atoms with Gasteiger partial charge in [-0.2, -0.15) is 13.2 Å². The number of rotatable bonds is 2. The molecular weight excluding hydrogens is 395 g/mol. The van der Waals surface area contributed by atoms with Gasteiger partial charge in [0, 0.05) is 27.6 Å². The second-order valence-corrected chi connectivity index (χ2v) is 8.16. The summed E-state index contributed by atoms with van der Waals surface area (Å²) in [4.78, 5) is 13.3. The first kappa shape index (κ1) is 19.2. The van der Waals surface area contributed by atoms with Gasteiger partial charge in [-0.25, -0.2) is 4.79 Å². The van der Waals surface area contributed by atoms with Gasteiger partial charge >= 0.3 is 11.8 Å². The van der Waals surface area contributed by atoms with E-state index in [0.717, 1.165) is 63.6 Å². The molecule has 1 atom stereocenters. The third-order valence-electron chi connectivity index (χ3n) is 6.09. The molecule has 2 heterocycles. The van der Waals surface area contributed by atoms with Crippen molar-refractivity contribution in [2.24, 2.45) is 0 Å². The molecule has 0 radical (unpaired) electrons. The number of quaternary nitrogens is 1. The van der Waals surface area contributed by atoms with E-state index in [-0.39, 0.29) is 5.63 Å². The van der Waals surface area contributed by atoms with Crippen LogP contribution in [0.15, 0.2) is 39.5 Å². The Morgan fingerprint density at radius 3 is 2.73 bits per heavy atom. The monoisotopic (exact) mass is 416 g/mol.